The number of carbonyl (C=O) groups is 1. The van der Waals surface area contributed by atoms with Crippen LogP contribution in [0.3, 0.4) is 0 Å². The molecule has 1 aromatic heterocycles. The van der Waals surface area contributed by atoms with Gasteiger partial charge in [0.2, 0.25) is 0 Å². The maximum atomic E-state index is 12.1. The van der Waals surface area contributed by atoms with Gasteiger partial charge in [-0.1, -0.05) is 23.7 Å². The van der Waals surface area contributed by atoms with Gasteiger partial charge in [0.25, 0.3) is 0 Å². The van der Waals surface area contributed by atoms with Crippen LogP contribution < -0.4 is 5.76 Å². The third-order valence-electron chi connectivity index (χ3n) is 3.09. The number of esters is 1. The number of para-hydroxylation sites is 1. The highest BCUT2D eigenvalue weighted by atomic mass is 35.5. The van der Waals surface area contributed by atoms with Crippen LogP contribution in [0.15, 0.2) is 51.7 Å². The molecule has 106 valence electrons. The molecule has 5 nitrogen and oxygen atoms in total. The van der Waals surface area contributed by atoms with E-state index in [4.69, 9.17) is 16.0 Å². The number of halogens is 1. The van der Waals surface area contributed by atoms with Gasteiger partial charge in [0.05, 0.1) is 28.9 Å². The number of ether oxygens (including phenoxy) is 1. The Hall–Kier alpha value is -2.53. The SMILES string of the molecule is COC(=O)c1ccc2oc(=O)n(-c3ccccc3Cl)c2c1. The lowest BCUT2D eigenvalue weighted by Crippen LogP contribution is -2.12. The molecule has 0 aliphatic rings. The van der Waals surface area contributed by atoms with Crippen molar-refractivity contribution in [2.45, 2.75) is 0 Å². The van der Waals surface area contributed by atoms with Gasteiger partial charge in [-0.3, -0.25) is 0 Å². The summed E-state index contributed by atoms with van der Waals surface area (Å²) in [6.45, 7) is 0. The van der Waals surface area contributed by atoms with Gasteiger partial charge in [0, 0.05) is 0 Å². The Morgan fingerprint density at radius 3 is 2.71 bits per heavy atom. The molecule has 21 heavy (non-hydrogen) atoms. The second kappa shape index (κ2) is 5.10. The molecule has 0 saturated carbocycles. The fourth-order valence-corrected chi connectivity index (χ4v) is 2.34. The van der Waals surface area contributed by atoms with E-state index in [0.717, 1.165) is 0 Å². The highest BCUT2D eigenvalue weighted by Crippen LogP contribution is 2.24. The van der Waals surface area contributed by atoms with Crippen molar-refractivity contribution in [1.82, 2.24) is 4.57 Å². The van der Waals surface area contributed by atoms with E-state index >= 15 is 0 Å². The Bertz CT molecular complexity index is 894. The fourth-order valence-electron chi connectivity index (χ4n) is 2.12. The molecule has 2 aromatic carbocycles. The van der Waals surface area contributed by atoms with Crippen molar-refractivity contribution in [2.24, 2.45) is 0 Å². The van der Waals surface area contributed by atoms with Crippen LogP contribution in [0.5, 0.6) is 0 Å². The highest BCUT2D eigenvalue weighted by Gasteiger charge is 2.15. The minimum atomic E-state index is -0.569. The third kappa shape index (κ3) is 2.21. The summed E-state index contributed by atoms with van der Waals surface area (Å²) in [5.74, 6) is -1.06. The number of carbonyl (C=O) groups excluding carboxylic acids is 1. The maximum Gasteiger partial charge on any atom is 0.424 e. The lowest BCUT2D eigenvalue weighted by Gasteiger charge is -2.05. The molecule has 0 saturated heterocycles. The third-order valence-corrected chi connectivity index (χ3v) is 3.41. The van der Waals surface area contributed by atoms with Gasteiger partial charge in [-0.2, -0.15) is 0 Å². The Morgan fingerprint density at radius 1 is 1.24 bits per heavy atom. The molecule has 0 bridgehead atoms. The van der Waals surface area contributed by atoms with Gasteiger partial charge in [0.15, 0.2) is 5.58 Å². The number of aromatic nitrogens is 1. The molecular formula is C15H10ClNO4. The van der Waals surface area contributed by atoms with Crippen LogP contribution in [0.25, 0.3) is 16.8 Å². The molecule has 0 radical (unpaired) electrons. The van der Waals surface area contributed by atoms with Crippen molar-refractivity contribution in [3.05, 3.63) is 63.6 Å². The number of methoxy groups -OCH3 is 1. The molecule has 0 atom stereocenters. The van der Waals surface area contributed by atoms with Gasteiger partial charge in [-0.05, 0) is 30.3 Å². The average molecular weight is 304 g/mol. The summed E-state index contributed by atoms with van der Waals surface area (Å²) in [4.78, 5) is 23.7. The van der Waals surface area contributed by atoms with Crippen molar-refractivity contribution in [2.75, 3.05) is 7.11 Å². The minimum Gasteiger partial charge on any atom is -0.465 e. The lowest BCUT2D eigenvalue weighted by molar-refractivity contribution is 0.0601. The van der Waals surface area contributed by atoms with E-state index in [0.29, 0.717) is 27.4 Å². The minimum absolute atomic E-state index is 0.326. The summed E-state index contributed by atoms with van der Waals surface area (Å²) in [5, 5.41) is 0.408. The van der Waals surface area contributed by atoms with Gasteiger partial charge >= 0.3 is 11.7 Å². The maximum absolute atomic E-state index is 12.1. The number of oxazole rings is 1. The molecule has 0 N–H and O–H groups in total. The average Bonchev–Trinajstić information content (AvgIpc) is 2.82. The first kappa shape index (κ1) is 13.5. The molecule has 3 rings (SSSR count). The van der Waals surface area contributed by atoms with E-state index in [9.17, 15) is 9.59 Å². The topological polar surface area (TPSA) is 61.4 Å². The molecule has 3 aromatic rings. The zero-order valence-electron chi connectivity index (χ0n) is 11.0. The van der Waals surface area contributed by atoms with E-state index in [1.54, 1.807) is 30.3 Å². The molecule has 6 heteroatoms. The van der Waals surface area contributed by atoms with E-state index in [-0.39, 0.29) is 0 Å². The van der Waals surface area contributed by atoms with Crippen LogP contribution in [-0.2, 0) is 4.74 Å². The summed E-state index contributed by atoms with van der Waals surface area (Å²) in [5.41, 5.74) is 1.64. The first-order valence-electron chi connectivity index (χ1n) is 6.10. The quantitative estimate of drug-likeness (QED) is 0.683. The summed E-state index contributed by atoms with van der Waals surface area (Å²) in [6, 6.07) is 11.5. The summed E-state index contributed by atoms with van der Waals surface area (Å²) >= 11 is 6.12. The van der Waals surface area contributed by atoms with Crippen LogP contribution >= 0.6 is 11.6 Å². The molecule has 1 heterocycles. The van der Waals surface area contributed by atoms with Crippen LogP contribution in [-0.4, -0.2) is 17.6 Å². The lowest BCUT2D eigenvalue weighted by atomic mass is 10.2. The zero-order valence-corrected chi connectivity index (χ0v) is 11.8. The number of hydrogen-bond acceptors (Lipinski definition) is 4. The Kier molecular flexibility index (Phi) is 3.27. The number of hydrogen-bond donors (Lipinski definition) is 0. The number of nitrogens with zero attached hydrogens (tertiary/aromatic N) is 1. The monoisotopic (exact) mass is 303 g/mol. The Labute approximate surface area is 124 Å². The van der Waals surface area contributed by atoms with Gasteiger partial charge < -0.3 is 9.15 Å². The molecule has 0 aliphatic heterocycles. The predicted molar refractivity (Wildman–Crippen MR) is 78.2 cm³/mol. The molecule has 0 unspecified atom stereocenters. The molecule has 0 fully saturated rings. The smallest absolute Gasteiger partial charge is 0.424 e. The standard InChI is InChI=1S/C15H10ClNO4/c1-20-14(18)9-6-7-13-12(8-9)17(15(19)21-13)11-5-3-2-4-10(11)16/h2-8H,1H3. The second-order valence-corrected chi connectivity index (χ2v) is 4.74. The second-order valence-electron chi connectivity index (χ2n) is 4.33. The zero-order chi connectivity index (χ0) is 15.0. The van der Waals surface area contributed by atoms with E-state index in [1.807, 2.05) is 0 Å². The fraction of sp³-hybridized carbons (Fsp3) is 0.0667. The largest absolute Gasteiger partial charge is 0.465 e. The van der Waals surface area contributed by atoms with E-state index in [1.165, 1.54) is 23.8 Å². The predicted octanol–water partition coefficient (Wildman–Crippen LogP) is 3.02. The van der Waals surface area contributed by atoms with Crippen LogP contribution in [0.2, 0.25) is 5.02 Å². The van der Waals surface area contributed by atoms with Crippen molar-refractivity contribution in [3.63, 3.8) is 0 Å². The first-order valence-corrected chi connectivity index (χ1v) is 6.48. The van der Waals surface area contributed by atoms with Crippen LogP contribution in [0.4, 0.5) is 0 Å². The van der Waals surface area contributed by atoms with E-state index < -0.39 is 11.7 Å². The van der Waals surface area contributed by atoms with Crippen molar-refractivity contribution < 1.29 is 13.9 Å². The molecular weight excluding hydrogens is 294 g/mol. The Balaban J connectivity index is 2.32. The van der Waals surface area contributed by atoms with Gasteiger partial charge in [0.1, 0.15) is 0 Å². The van der Waals surface area contributed by atoms with Crippen molar-refractivity contribution >= 4 is 28.7 Å². The van der Waals surface area contributed by atoms with Crippen LogP contribution in [0, 0.1) is 0 Å². The first-order chi connectivity index (χ1) is 10.1. The molecule has 0 spiro atoms. The van der Waals surface area contributed by atoms with Crippen molar-refractivity contribution in [1.29, 1.82) is 0 Å². The van der Waals surface area contributed by atoms with Crippen LogP contribution in [0.1, 0.15) is 10.4 Å². The summed E-state index contributed by atoms with van der Waals surface area (Å²) in [6.07, 6.45) is 0. The Morgan fingerprint density at radius 2 is 2.00 bits per heavy atom. The summed E-state index contributed by atoms with van der Waals surface area (Å²) < 4.78 is 11.2. The molecule has 0 amide bonds. The van der Waals surface area contributed by atoms with E-state index in [2.05, 4.69) is 4.74 Å². The molecule has 0 aliphatic carbocycles. The normalized spacial score (nSPS) is 10.8. The number of fused-ring (bicyclic) bond motifs is 1. The van der Waals surface area contributed by atoms with Gasteiger partial charge in [-0.25, -0.2) is 14.2 Å². The summed E-state index contributed by atoms with van der Waals surface area (Å²) in [7, 11) is 1.29. The number of rotatable bonds is 2. The van der Waals surface area contributed by atoms with Gasteiger partial charge in [-0.15, -0.1) is 0 Å². The highest BCUT2D eigenvalue weighted by molar-refractivity contribution is 6.32. The van der Waals surface area contributed by atoms with Crippen molar-refractivity contribution in [3.8, 4) is 5.69 Å². The number of benzene rings is 2.